The normalized spacial score (nSPS) is 13.1. The highest BCUT2D eigenvalue weighted by Crippen LogP contribution is 2.60. The zero-order chi connectivity index (χ0) is 13.3. The van der Waals surface area contributed by atoms with Gasteiger partial charge in [-0.2, -0.15) is 0 Å². The Kier molecular flexibility index (Phi) is 4.25. The fraction of sp³-hybridized carbons (Fsp3) is 0.375. The molecule has 0 aromatic carbocycles. The fourth-order valence-electron chi connectivity index (χ4n) is 1.42. The number of aryl methyl sites for hydroxylation is 1. The van der Waals surface area contributed by atoms with Crippen LogP contribution in [0.4, 0.5) is 0 Å². The number of hydrogen-bond donors (Lipinski definition) is 4. The highest BCUT2D eigenvalue weighted by molar-refractivity contribution is 7.70. The van der Waals surface area contributed by atoms with E-state index in [1.54, 1.807) is 36.1 Å². The summed E-state index contributed by atoms with van der Waals surface area (Å²) < 4.78 is 23.8. The molecular weight excluding hydrogens is 268 g/mol. The predicted molar refractivity (Wildman–Crippen MR) is 59.2 cm³/mol. The van der Waals surface area contributed by atoms with E-state index in [0.29, 0.717) is 5.56 Å². The monoisotopic (exact) mass is 282 g/mol. The Morgan fingerprint density at radius 2 is 1.76 bits per heavy atom. The minimum Gasteiger partial charge on any atom is -0.324 e. The summed E-state index contributed by atoms with van der Waals surface area (Å²) in [5.41, 5.74) is 0.451. The van der Waals surface area contributed by atoms with Gasteiger partial charge in [-0.25, -0.2) is 4.57 Å². The summed E-state index contributed by atoms with van der Waals surface area (Å²) >= 11 is 0. The minimum absolute atomic E-state index is 0.372. The molecule has 7 nitrogen and oxygen atoms in total. The minimum atomic E-state index is -4.85. The molecule has 0 saturated heterocycles. The van der Waals surface area contributed by atoms with Crippen molar-refractivity contribution in [1.82, 2.24) is 0 Å². The van der Waals surface area contributed by atoms with Crippen molar-refractivity contribution in [1.29, 1.82) is 0 Å². The molecule has 0 aliphatic rings. The molecule has 0 amide bonds. The van der Waals surface area contributed by atoms with E-state index in [-0.39, 0.29) is 6.42 Å². The maximum absolute atomic E-state index is 11.1. The van der Waals surface area contributed by atoms with E-state index in [1.165, 1.54) is 0 Å². The highest BCUT2D eigenvalue weighted by Gasteiger charge is 2.43. The van der Waals surface area contributed by atoms with Gasteiger partial charge < -0.3 is 19.6 Å². The predicted octanol–water partition coefficient (Wildman–Crippen LogP) is -0.265. The highest BCUT2D eigenvalue weighted by atomic mass is 31.2. The van der Waals surface area contributed by atoms with E-state index in [4.69, 9.17) is 19.6 Å². The molecule has 17 heavy (non-hydrogen) atoms. The van der Waals surface area contributed by atoms with Gasteiger partial charge in [0.15, 0.2) is 17.8 Å². The fourth-order valence-corrected chi connectivity index (χ4v) is 3.88. The van der Waals surface area contributed by atoms with Crippen LogP contribution in [0.2, 0.25) is 0 Å². The van der Waals surface area contributed by atoms with Crippen LogP contribution in [-0.4, -0.2) is 25.0 Å². The standard InChI is InChI=1S/C8H13NO6P2/c1-9-4-2-3-7(6-9)5-8(16(10,11)12)17(13,14)15/h2-4,6,8H,5H2,1H3,(H3-,10,11,12,13,14,15)/p+1. The first-order valence-corrected chi connectivity index (χ1v) is 8.01. The lowest BCUT2D eigenvalue weighted by atomic mass is 10.2. The van der Waals surface area contributed by atoms with Crippen molar-refractivity contribution in [3.63, 3.8) is 0 Å². The van der Waals surface area contributed by atoms with Crippen LogP contribution in [-0.2, 0) is 22.6 Å². The van der Waals surface area contributed by atoms with Crippen LogP contribution in [0.25, 0.3) is 0 Å². The number of pyridine rings is 1. The van der Waals surface area contributed by atoms with Crippen LogP contribution in [0.3, 0.4) is 0 Å². The average molecular weight is 282 g/mol. The van der Waals surface area contributed by atoms with Crippen LogP contribution in [0.5, 0.6) is 0 Å². The van der Waals surface area contributed by atoms with E-state index in [0.717, 1.165) is 0 Å². The summed E-state index contributed by atoms with van der Waals surface area (Å²) in [6, 6.07) is 3.18. The Bertz CT molecular complexity index is 471. The molecule has 0 atom stereocenters. The number of nitrogens with zero attached hydrogens (tertiary/aromatic N) is 1. The maximum Gasteiger partial charge on any atom is 0.341 e. The summed E-state index contributed by atoms with van der Waals surface area (Å²) in [5, 5.41) is -1.99. The van der Waals surface area contributed by atoms with Crippen LogP contribution in [0.15, 0.2) is 24.5 Å². The van der Waals surface area contributed by atoms with Crippen LogP contribution >= 0.6 is 15.2 Å². The first kappa shape index (κ1) is 14.5. The Morgan fingerprint density at radius 3 is 2.18 bits per heavy atom. The van der Waals surface area contributed by atoms with Crippen LogP contribution in [0, 0.1) is 0 Å². The van der Waals surface area contributed by atoms with Crippen molar-refractivity contribution in [2.24, 2.45) is 7.05 Å². The zero-order valence-corrected chi connectivity index (χ0v) is 10.8. The van der Waals surface area contributed by atoms with Crippen molar-refractivity contribution in [2.45, 2.75) is 11.8 Å². The summed E-state index contributed by atoms with van der Waals surface area (Å²) in [7, 11) is -8.00. The Morgan fingerprint density at radius 1 is 1.24 bits per heavy atom. The van der Waals surface area contributed by atoms with Gasteiger partial charge in [-0.05, 0) is 6.07 Å². The van der Waals surface area contributed by atoms with Gasteiger partial charge >= 0.3 is 15.2 Å². The van der Waals surface area contributed by atoms with Crippen molar-refractivity contribution >= 4 is 15.2 Å². The van der Waals surface area contributed by atoms with Gasteiger partial charge in [-0.1, -0.05) is 0 Å². The summed E-state index contributed by atoms with van der Waals surface area (Å²) in [6.07, 6.45) is 2.88. The third-order valence-corrected chi connectivity index (χ3v) is 5.92. The van der Waals surface area contributed by atoms with Gasteiger partial charge in [0.05, 0.1) is 0 Å². The molecule has 1 rings (SSSR count). The lowest BCUT2D eigenvalue weighted by Gasteiger charge is -2.18. The maximum atomic E-state index is 11.1. The smallest absolute Gasteiger partial charge is 0.324 e. The molecule has 0 unspecified atom stereocenters. The average Bonchev–Trinajstić information content (AvgIpc) is 2.10. The van der Waals surface area contributed by atoms with E-state index >= 15 is 0 Å². The molecule has 0 aliphatic carbocycles. The molecule has 1 aromatic heterocycles. The van der Waals surface area contributed by atoms with Gasteiger partial charge in [-0.3, -0.25) is 9.13 Å². The first-order chi connectivity index (χ1) is 7.60. The lowest BCUT2D eigenvalue weighted by Crippen LogP contribution is -2.27. The van der Waals surface area contributed by atoms with Crippen molar-refractivity contribution in [2.75, 3.05) is 0 Å². The topological polar surface area (TPSA) is 119 Å². The van der Waals surface area contributed by atoms with Crippen molar-refractivity contribution in [3.05, 3.63) is 30.1 Å². The number of rotatable bonds is 4. The number of hydrogen-bond acceptors (Lipinski definition) is 2. The first-order valence-electron chi connectivity index (χ1n) is 4.65. The summed E-state index contributed by atoms with van der Waals surface area (Å²) in [5.74, 6) is 0. The van der Waals surface area contributed by atoms with E-state index in [2.05, 4.69) is 0 Å². The molecule has 0 bridgehead atoms. The van der Waals surface area contributed by atoms with Crippen LogP contribution in [0.1, 0.15) is 5.56 Å². The van der Waals surface area contributed by atoms with Gasteiger partial charge in [0.2, 0.25) is 0 Å². The Balaban J connectivity index is 3.04. The number of aromatic nitrogens is 1. The van der Waals surface area contributed by atoms with Gasteiger partial charge in [-0.15, -0.1) is 0 Å². The molecule has 1 heterocycles. The van der Waals surface area contributed by atoms with Crippen LogP contribution < -0.4 is 4.57 Å². The largest absolute Gasteiger partial charge is 0.341 e. The zero-order valence-electron chi connectivity index (χ0n) is 9.04. The Labute approximate surface area is 98.1 Å². The van der Waals surface area contributed by atoms with E-state index < -0.39 is 20.6 Å². The molecule has 0 saturated carbocycles. The molecule has 4 N–H and O–H groups in total. The second-order valence-electron chi connectivity index (χ2n) is 3.74. The van der Waals surface area contributed by atoms with Gasteiger partial charge in [0, 0.05) is 18.1 Å². The Hall–Kier alpha value is -0.550. The van der Waals surface area contributed by atoms with E-state index in [1.807, 2.05) is 0 Å². The third-order valence-electron chi connectivity index (χ3n) is 2.20. The molecule has 9 heteroatoms. The van der Waals surface area contributed by atoms with Crippen molar-refractivity contribution in [3.8, 4) is 0 Å². The molecule has 96 valence electrons. The SMILES string of the molecule is C[n+]1cccc(CC(P(=O)(O)O)P(=O)(O)O)c1. The lowest BCUT2D eigenvalue weighted by molar-refractivity contribution is -0.671. The second kappa shape index (κ2) is 4.98. The molecule has 0 spiro atoms. The molecule has 0 aliphatic heterocycles. The van der Waals surface area contributed by atoms with Gasteiger partial charge in [0.1, 0.15) is 7.05 Å². The second-order valence-corrected chi connectivity index (χ2v) is 7.75. The molecule has 0 radical (unpaired) electrons. The van der Waals surface area contributed by atoms with Gasteiger partial charge in [0.25, 0.3) is 0 Å². The molecular formula is C8H14NO6P2+. The molecule has 1 aromatic rings. The molecule has 0 fully saturated rings. The quantitative estimate of drug-likeness (QED) is 0.446. The summed E-state index contributed by atoms with van der Waals surface area (Å²) in [4.78, 5) is 35.8. The third kappa shape index (κ3) is 4.32. The van der Waals surface area contributed by atoms with Crippen molar-refractivity contribution < 1.29 is 33.3 Å². The summed E-state index contributed by atoms with van der Waals surface area (Å²) in [6.45, 7) is 0. The van der Waals surface area contributed by atoms with E-state index in [9.17, 15) is 9.13 Å².